The molecule has 0 saturated heterocycles. The van der Waals surface area contributed by atoms with Crippen LogP contribution < -0.4 is 4.90 Å². The minimum Gasteiger partial charge on any atom is -0.330 e. The van der Waals surface area contributed by atoms with E-state index in [2.05, 4.69) is 4.57 Å². The van der Waals surface area contributed by atoms with Crippen molar-refractivity contribution >= 4 is 29.1 Å². The maximum Gasteiger partial charge on any atom is 0.247 e. The first-order valence-electron chi connectivity index (χ1n) is 11.5. The van der Waals surface area contributed by atoms with E-state index in [0.29, 0.717) is 0 Å². The summed E-state index contributed by atoms with van der Waals surface area (Å²) in [5.41, 5.74) is 2.60. The first-order valence-corrected chi connectivity index (χ1v) is 12.1. The summed E-state index contributed by atoms with van der Waals surface area (Å²) in [6.07, 6.45) is 3.74. The molecule has 7 heteroatoms. The zero-order valence-electron chi connectivity index (χ0n) is 19.2. The molecule has 34 heavy (non-hydrogen) atoms. The van der Waals surface area contributed by atoms with Crippen LogP contribution in [0.3, 0.4) is 0 Å². The maximum atomic E-state index is 14.0. The Morgan fingerprint density at radius 3 is 2.35 bits per heavy atom. The minimum atomic E-state index is -0.755. The SMILES string of the molecule is CC(C)(CCl)C(=O)N(CC(=O)N1c2ccccc2-n2cccc2C1c1ccc(F)cc1)C1CC1. The highest BCUT2D eigenvalue weighted by Crippen LogP contribution is 2.43. The average Bonchev–Trinajstić information content (AvgIpc) is 3.57. The number of fused-ring (bicyclic) bond motifs is 3. The Balaban J connectivity index is 1.58. The quantitative estimate of drug-likeness (QED) is 0.450. The lowest BCUT2D eigenvalue weighted by Crippen LogP contribution is -2.50. The van der Waals surface area contributed by atoms with Crippen molar-refractivity contribution in [3.05, 3.63) is 83.9 Å². The van der Waals surface area contributed by atoms with Gasteiger partial charge in [-0.15, -0.1) is 11.6 Å². The van der Waals surface area contributed by atoms with E-state index < -0.39 is 11.5 Å². The van der Waals surface area contributed by atoms with E-state index >= 15 is 0 Å². The highest BCUT2D eigenvalue weighted by atomic mass is 35.5. The number of rotatable bonds is 6. The van der Waals surface area contributed by atoms with Gasteiger partial charge in [-0.2, -0.15) is 0 Å². The number of benzene rings is 2. The van der Waals surface area contributed by atoms with Gasteiger partial charge in [0.05, 0.1) is 22.5 Å². The molecule has 2 heterocycles. The Labute approximate surface area is 203 Å². The van der Waals surface area contributed by atoms with E-state index in [1.54, 1.807) is 21.9 Å². The van der Waals surface area contributed by atoms with Crippen molar-refractivity contribution in [1.29, 1.82) is 0 Å². The van der Waals surface area contributed by atoms with E-state index in [0.717, 1.165) is 35.5 Å². The zero-order chi connectivity index (χ0) is 24.0. The average molecular weight is 480 g/mol. The summed E-state index contributed by atoms with van der Waals surface area (Å²) in [6.45, 7) is 3.59. The van der Waals surface area contributed by atoms with Crippen molar-refractivity contribution < 1.29 is 14.0 Å². The van der Waals surface area contributed by atoms with Crippen molar-refractivity contribution in [3.63, 3.8) is 0 Å². The highest BCUT2D eigenvalue weighted by Gasteiger charge is 2.43. The molecule has 2 aliphatic rings. The van der Waals surface area contributed by atoms with Gasteiger partial charge in [-0.3, -0.25) is 14.5 Å². The summed E-state index contributed by atoms with van der Waals surface area (Å²) < 4.78 is 15.8. The van der Waals surface area contributed by atoms with Gasteiger partial charge < -0.3 is 9.47 Å². The number of hydrogen-bond acceptors (Lipinski definition) is 2. The molecular weight excluding hydrogens is 453 g/mol. The van der Waals surface area contributed by atoms with E-state index in [9.17, 15) is 14.0 Å². The summed E-state index contributed by atoms with van der Waals surface area (Å²) in [5, 5.41) is 0. The molecule has 1 unspecified atom stereocenters. The molecule has 0 radical (unpaired) electrons. The molecule has 176 valence electrons. The number of aromatic nitrogens is 1. The van der Waals surface area contributed by atoms with Gasteiger partial charge in [-0.05, 0) is 68.7 Å². The maximum absolute atomic E-state index is 14.0. The van der Waals surface area contributed by atoms with Gasteiger partial charge in [0.1, 0.15) is 18.4 Å². The molecule has 3 aromatic rings. The molecular formula is C27H27ClFN3O2. The van der Waals surface area contributed by atoms with Crippen molar-refractivity contribution in [2.45, 2.75) is 38.8 Å². The number of anilines is 1. The van der Waals surface area contributed by atoms with E-state index in [-0.39, 0.29) is 36.1 Å². The Morgan fingerprint density at radius 1 is 1.03 bits per heavy atom. The van der Waals surface area contributed by atoms with Crippen molar-refractivity contribution in [2.75, 3.05) is 17.3 Å². The number of nitrogens with zero attached hydrogens (tertiary/aromatic N) is 3. The third-order valence-corrected chi connectivity index (χ3v) is 7.31. The second-order valence-corrected chi connectivity index (χ2v) is 9.96. The molecule has 0 bridgehead atoms. The molecule has 5 nitrogen and oxygen atoms in total. The fourth-order valence-corrected chi connectivity index (χ4v) is 4.76. The topological polar surface area (TPSA) is 45.6 Å². The first-order chi connectivity index (χ1) is 16.3. The van der Waals surface area contributed by atoms with Gasteiger partial charge in [0.25, 0.3) is 0 Å². The van der Waals surface area contributed by atoms with Crippen LogP contribution in [0.25, 0.3) is 5.69 Å². The molecule has 1 aliphatic carbocycles. The van der Waals surface area contributed by atoms with Crippen LogP contribution >= 0.6 is 11.6 Å². The van der Waals surface area contributed by atoms with Gasteiger partial charge in [0.2, 0.25) is 11.8 Å². The monoisotopic (exact) mass is 479 g/mol. The molecule has 1 saturated carbocycles. The fourth-order valence-electron chi connectivity index (χ4n) is 4.64. The number of halogens is 2. The Morgan fingerprint density at radius 2 is 1.71 bits per heavy atom. The van der Waals surface area contributed by atoms with E-state index in [4.69, 9.17) is 11.6 Å². The van der Waals surface area contributed by atoms with Gasteiger partial charge in [0, 0.05) is 18.1 Å². The Kier molecular flexibility index (Phi) is 5.72. The van der Waals surface area contributed by atoms with Crippen LogP contribution in [0.15, 0.2) is 66.9 Å². The predicted molar refractivity (Wildman–Crippen MR) is 131 cm³/mol. The summed E-state index contributed by atoms with van der Waals surface area (Å²) in [7, 11) is 0. The van der Waals surface area contributed by atoms with Crippen molar-refractivity contribution in [1.82, 2.24) is 9.47 Å². The van der Waals surface area contributed by atoms with Crippen LogP contribution in [0.1, 0.15) is 44.0 Å². The van der Waals surface area contributed by atoms with E-state index in [1.807, 2.05) is 56.4 Å². The third kappa shape index (κ3) is 3.90. The summed E-state index contributed by atoms with van der Waals surface area (Å²) in [4.78, 5) is 30.8. The second-order valence-electron chi connectivity index (χ2n) is 9.69. The highest BCUT2D eigenvalue weighted by molar-refractivity contribution is 6.20. The number of carbonyl (C=O) groups excluding carboxylic acids is 2. The van der Waals surface area contributed by atoms with Gasteiger partial charge in [-0.25, -0.2) is 4.39 Å². The number of alkyl halides is 1. The summed E-state index contributed by atoms with van der Waals surface area (Å²) in [5.74, 6) is -0.436. The number of hydrogen-bond donors (Lipinski definition) is 0. The minimum absolute atomic E-state index is 0.0312. The molecule has 2 amide bonds. The Bertz CT molecular complexity index is 1230. The molecule has 5 rings (SSSR count). The van der Waals surface area contributed by atoms with Gasteiger partial charge >= 0.3 is 0 Å². The predicted octanol–water partition coefficient (Wildman–Crippen LogP) is 5.31. The fraction of sp³-hybridized carbons (Fsp3) is 0.333. The van der Waals surface area contributed by atoms with Crippen molar-refractivity contribution in [2.24, 2.45) is 5.41 Å². The molecule has 1 fully saturated rings. The van der Waals surface area contributed by atoms with Gasteiger partial charge in [-0.1, -0.05) is 24.3 Å². The van der Waals surface area contributed by atoms with Crippen LogP contribution in [-0.2, 0) is 9.59 Å². The second kappa shape index (κ2) is 8.58. The lowest BCUT2D eigenvalue weighted by molar-refractivity contribution is -0.142. The largest absolute Gasteiger partial charge is 0.330 e. The molecule has 1 atom stereocenters. The number of para-hydroxylation sites is 2. The molecule has 1 aromatic heterocycles. The van der Waals surface area contributed by atoms with E-state index in [1.165, 1.54) is 12.1 Å². The molecule has 0 N–H and O–H groups in total. The lowest BCUT2D eigenvalue weighted by Gasteiger charge is -2.40. The van der Waals surface area contributed by atoms with Gasteiger partial charge in [0.15, 0.2) is 0 Å². The Hall–Kier alpha value is -3.12. The first kappa shape index (κ1) is 22.7. The van der Waals surface area contributed by atoms with Crippen LogP contribution in [0.4, 0.5) is 10.1 Å². The van der Waals surface area contributed by atoms with Crippen LogP contribution in [-0.4, -0.2) is 39.7 Å². The van der Waals surface area contributed by atoms with Crippen LogP contribution in [0, 0.1) is 11.2 Å². The summed E-state index contributed by atoms with van der Waals surface area (Å²) >= 11 is 6.09. The van der Waals surface area contributed by atoms with Crippen LogP contribution in [0.5, 0.6) is 0 Å². The lowest BCUT2D eigenvalue weighted by atomic mass is 9.94. The van der Waals surface area contributed by atoms with Crippen LogP contribution in [0.2, 0.25) is 0 Å². The zero-order valence-corrected chi connectivity index (χ0v) is 20.0. The number of amides is 2. The standard InChI is InChI=1S/C27H27ClFN3O2/c1-27(2,17-28)26(34)31(20-13-14-20)16-24(33)32-22-7-4-3-6-21(22)30-15-5-8-23(30)25(32)18-9-11-19(29)12-10-18/h3-12,15,20,25H,13-14,16-17H2,1-2H3. The molecule has 0 spiro atoms. The number of carbonyl (C=O) groups is 2. The molecule has 1 aliphatic heterocycles. The normalized spacial score (nSPS) is 17.2. The third-order valence-electron chi connectivity index (χ3n) is 6.64. The van der Waals surface area contributed by atoms with Crippen molar-refractivity contribution in [3.8, 4) is 5.69 Å². The smallest absolute Gasteiger partial charge is 0.247 e. The summed E-state index contributed by atoms with van der Waals surface area (Å²) in [6, 6.07) is 17.5. The molecule has 2 aromatic carbocycles.